The van der Waals surface area contributed by atoms with Gasteiger partial charge in [-0.2, -0.15) is 0 Å². The normalized spacial score (nSPS) is 8.43. The number of hydrogen-bond donors (Lipinski definition) is 0. The molecule has 0 heterocycles. The van der Waals surface area contributed by atoms with E-state index in [0.29, 0.717) is 0 Å². The van der Waals surface area contributed by atoms with Gasteiger partial charge in [0.25, 0.3) is 0 Å². The first-order valence-electron chi connectivity index (χ1n) is 1.81. The van der Waals surface area contributed by atoms with Crippen molar-refractivity contribution < 1.29 is 0 Å². The van der Waals surface area contributed by atoms with Crippen molar-refractivity contribution in [2.45, 2.75) is 0 Å². The fourth-order valence-electron chi connectivity index (χ4n) is 0.129. The van der Waals surface area contributed by atoms with E-state index in [-0.39, 0.29) is 0 Å². The van der Waals surface area contributed by atoms with Gasteiger partial charge in [0, 0.05) is 20.4 Å². The number of rotatable bonds is 0. The summed E-state index contributed by atoms with van der Waals surface area (Å²) in [5.41, 5.74) is 0. The highest BCUT2D eigenvalue weighted by atomic mass is 32.2. The van der Waals surface area contributed by atoms with E-state index in [0.717, 1.165) is 4.32 Å². The van der Waals surface area contributed by atoms with Crippen LogP contribution in [0, 0.1) is 6.26 Å². The van der Waals surface area contributed by atoms with Crippen LogP contribution in [0.1, 0.15) is 0 Å². The smallest absolute Gasteiger partial charge is 0.135 e. The molecule has 0 aromatic heterocycles. The molecule has 41 valence electrons. The van der Waals surface area contributed by atoms with Crippen LogP contribution in [0.2, 0.25) is 0 Å². The second-order valence-electron chi connectivity index (χ2n) is 1.30. The van der Waals surface area contributed by atoms with Gasteiger partial charge in [0.2, 0.25) is 0 Å². The number of thiocarbonyl (C=S) groups is 1. The van der Waals surface area contributed by atoms with Crippen LogP contribution in [0.25, 0.3) is 0 Å². The van der Waals surface area contributed by atoms with Gasteiger partial charge < -0.3 is 4.90 Å². The molecule has 0 unspecified atom stereocenters. The highest BCUT2D eigenvalue weighted by Gasteiger charge is 1.90. The Labute approximate surface area is 54.1 Å². The lowest BCUT2D eigenvalue weighted by molar-refractivity contribution is 0.648. The Hall–Kier alpha value is 0.240. The molecule has 3 heteroatoms. The molecule has 1 nitrogen and oxygen atoms in total. The number of thioether (sulfide) groups is 1. The van der Waals surface area contributed by atoms with Gasteiger partial charge in [-0.3, -0.25) is 0 Å². The summed E-state index contributed by atoms with van der Waals surface area (Å²) in [6, 6.07) is 0. The fourth-order valence-corrected chi connectivity index (χ4v) is 0.387. The maximum Gasteiger partial charge on any atom is 0.135 e. The molecular formula is C4H8NS2. The quantitative estimate of drug-likeness (QED) is 0.460. The zero-order valence-electron chi connectivity index (χ0n) is 4.47. The van der Waals surface area contributed by atoms with Crippen molar-refractivity contribution in [3.8, 4) is 0 Å². The minimum atomic E-state index is 0.819. The van der Waals surface area contributed by atoms with Gasteiger partial charge in [0.15, 0.2) is 0 Å². The largest absolute Gasteiger partial charge is 0.364 e. The van der Waals surface area contributed by atoms with Crippen LogP contribution < -0.4 is 0 Å². The van der Waals surface area contributed by atoms with E-state index in [1.165, 1.54) is 11.8 Å². The number of hydrogen-bond acceptors (Lipinski definition) is 2. The highest BCUT2D eigenvalue weighted by molar-refractivity contribution is 8.23. The van der Waals surface area contributed by atoms with Crippen molar-refractivity contribution in [1.82, 2.24) is 4.90 Å². The Morgan fingerprint density at radius 2 is 2.14 bits per heavy atom. The first-order valence-corrected chi connectivity index (χ1v) is 3.21. The minimum Gasteiger partial charge on any atom is -0.364 e. The maximum absolute atomic E-state index is 4.81. The van der Waals surface area contributed by atoms with E-state index < -0.39 is 0 Å². The van der Waals surface area contributed by atoms with Crippen LogP contribution in [-0.2, 0) is 0 Å². The van der Waals surface area contributed by atoms with Crippen LogP contribution in [0.5, 0.6) is 0 Å². The molecule has 0 bridgehead atoms. The first kappa shape index (κ1) is 7.24. The molecular weight excluding hydrogens is 126 g/mol. The van der Waals surface area contributed by atoms with E-state index in [9.17, 15) is 0 Å². The Balaban J connectivity index is 3.35. The summed E-state index contributed by atoms with van der Waals surface area (Å²) in [5.74, 6) is 0. The van der Waals surface area contributed by atoms with E-state index >= 15 is 0 Å². The topological polar surface area (TPSA) is 3.24 Å². The first-order chi connectivity index (χ1) is 3.18. The summed E-state index contributed by atoms with van der Waals surface area (Å²) in [6.07, 6.45) is 3.54. The molecule has 0 saturated carbocycles. The predicted molar refractivity (Wildman–Crippen MR) is 39.2 cm³/mol. The molecule has 0 aromatic rings. The zero-order valence-corrected chi connectivity index (χ0v) is 6.10. The third-order valence-electron chi connectivity index (χ3n) is 0.489. The second kappa shape index (κ2) is 3.27. The van der Waals surface area contributed by atoms with Crippen molar-refractivity contribution in [1.29, 1.82) is 0 Å². The lowest BCUT2D eigenvalue weighted by atomic mass is 11.0. The molecule has 0 aliphatic rings. The van der Waals surface area contributed by atoms with Gasteiger partial charge in [0.05, 0.1) is 0 Å². The Morgan fingerprint density at radius 1 is 1.71 bits per heavy atom. The van der Waals surface area contributed by atoms with Crippen molar-refractivity contribution in [3.05, 3.63) is 6.26 Å². The van der Waals surface area contributed by atoms with Gasteiger partial charge in [-0.15, -0.1) is 0 Å². The van der Waals surface area contributed by atoms with E-state index in [4.69, 9.17) is 12.2 Å². The highest BCUT2D eigenvalue weighted by Crippen LogP contribution is 2.00. The summed E-state index contributed by atoms with van der Waals surface area (Å²) >= 11 is 6.15. The minimum absolute atomic E-state index is 0.819. The molecule has 0 amide bonds. The van der Waals surface area contributed by atoms with Crippen LogP contribution in [0.4, 0.5) is 0 Å². The summed E-state index contributed by atoms with van der Waals surface area (Å²) in [6.45, 7) is 0. The lowest BCUT2D eigenvalue weighted by Gasteiger charge is -2.08. The molecule has 0 fully saturated rings. The molecule has 0 aliphatic carbocycles. The van der Waals surface area contributed by atoms with Gasteiger partial charge >= 0.3 is 0 Å². The molecule has 0 aromatic carbocycles. The summed E-state index contributed by atoms with van der Waals surface area (Å²) < 4.78 is 0.819. The molecule has 0 spiro atoms. The molecule has 0 aliphatic heterocycles. The van der Waals surface area contributed by atoms with Gasteiger partial charge in [-0.1, -0.05) is 24.0 Å². The average Bonchev–Trinajstić information content (AvgIpc) is 1.65. The maximum atomic E-state index is 4.81. The SMILES string of the molecule is [CH2]SC(=S)N(C)C. The van der Waals surface area contributed by atoms with Crippen molar-refractivity contribution in [2.75, 3.05) is 14.1 Å². The Morgan fingerprint density at radius 3 is 2.14 bits per heavy atom. The standard InChI is InChI=1S/C4H8NS2/c1-5(2)4(6)7-3/h3H2,1-2H3. The van der Waals surface area contributed by atoms with E-state index in [2.05, 4.69) is 6.26 Å². The van der Waals surface area contributed by atoms with Gasteiger partial charge in [-0.25, -0.2) is 0 Å². The van der Waals surface area contributed by atoms with Crippen molar-refractivity contribution in [2.24, 2.45) is 0 Å². The summed E-state index contributed by atoms with van der Waals surface area (Å²) in [5, 5.41) is 0. The van der Waals surface area contributed by atoms with E-state index in [1.807, 2.05) is 19.0 Å². The van der Waals surface area contributed by atoms with Gasteiger partial charge in [-0.05, 0) is 0 Å². The average molecular weight is 134 g/mol. The molecule has 0 saturated heterocycles. The third-order valence-corrected chi connectivity index (χ3v) is 1.82. The van der Waals surface area contributed by atoms with Crippen molar-refractivity contribution >= 4 is 28.3 Å². The Kier molecular flexibility index (Phi) is 3.38. The number of nitrogens with zero attached hydrogens (tertiary/aromatic N) is 1. The summed E-state index contributed by atoms with van der Waals surface area (Å²) in [4.78, 5) is 1.85. The van der Waals surface area contributed by atoms with Gasteiger partial charge in [0.1, 0.15) is 4.32 Å². The van der Waals surface area contributed by atoms with Crippen LogP contribution >= 0.6 is 24.0 Å². The molecule has 7 heavy (non-hydrogen) atoms. The monoisotopic (exact) mass is 134 g/mol. The molecule has 0 N–H and O–H groups in total. The summed E-state index contributed by atoms with van der Waals surface area (Å²) in [7, 11) is 3.81. The molecule has 0 rings (SSSR count). The fraction of sp³-hybridized carbons (Fsp3) is 0.500. The third kappa shape index (κ3) is 2.88. The molecule has 0 atom stereocenters. The van der Waals surface area contributed by atoms with Crippen LogP contribution in [0.3, 0.4) is 0 Å². The lowest BCUT2D eigenvalue weighted by Crippen LogP contribution is -2.14. The van der Waals surface area contributed by atoms with E-state index in [1.54, 1.807) is 0 Å². The zero-order chi connectivity index (χ0) is 5.86. The molecule has 1 radical (unpaired) electrons. The van der Waals surface area contributed by atoms with Crippen LogP contribution in [0.15, 0.2) is 0 Å². The Bertz CT molecular complexity index is 70.1. The van der Waals surface area contributed by atoms with Crippen LogP contribution in [-0.4, -0.2) is 23.3 Å². The second-order valence-corrected chi connectivity index (χ2v) is 2.63. The predicted octanol–water partition coefficient (Wildman–Crippen LogP) is 1.36. The van der Waals surface area contributed by atoms with Crippen molar-refractivity contribution in [3.63, 3.8) is 0 Å².